The Morgan fingerprint density at radius 1 is 1.19 bits per heavy atom. The molecule has 0 radical (unpaired) electrons. The predicted octanol–water partition coefficient (Wildman–Crippen LogP) is 4.02. The summed E-state index contributed by atoms with van der Waals surface area (Å²) >= 11 is 7.71. The van der Waals surface area contributed by atoms with Gasteiger partial charge in [-0.1, -0.05) is 24.9 Å². The molecule has 0 aliphatic carbocycles. The van der Waals surface area contributed by atoms with Crippen LogP contribution in [0.5, 0.6) is 0 Å². The van der Waals surface area contributed by atoms with Crippen LogP contribution < -0.4 is 10.6 Å². The molecule has 0 unspecified atom stereocenters. The normalized spacial score (nSPS) is 11.2. The van der Waals surface area contributed by atoms with Crippen molar-refractivity contribution in [2.24, 2.45) is 12.0 Å². The van der Waals surface area contributed by atoms with Gasteiger partial charge in [0.2, 0.25) is 0 Å². The van der Waals surface area contributed by atoms with Gasteiger partial charge in [-0.15, -0.1) is 45.9 Å². The highest BCUT2D eigenvalue weighted by Crippen LogP contribution is 2.19. The topological polar surface area (TPSA) is 67.1 Å². The number of aromatic nitrogens is 3. The fourth-order valence-electron chi connectivity index (χ4n) is 2.17. The number of guanidine groups is 1. The van der Waals surface area contributed by atoms with Crippen LogP contribution >= 0.6 is 47.3 Å². The summed E-state index contributed by atoms with van der Waals surface area (Å²) in [6.07, 6.45) is 2.26. The molecule has 0 saturated heterocycles. The van der Waals surface area contributed by atoms with Crippen LogP contribution in [0.15, 0.2) is 34.2 Å². The highest BCUT2D eigenvalue weighted by atomic mass is 127. The van der Waals surface area contributed by atoms with E-state index in [2.05, 4.69) is 32.7 Å². The summed E-state index contributed by atoms with van der Waals surface area (Å²) in [5.41, 5.74) is 0. The van der Waals surface area contributed by atoms with E-state index in [0.717, 1.165) is 54.3 Å². The summed E-state index contributed by atoms with van der Waals surface area (Å²) in [5, 5.41) is 15.8. The average molecular weight is 523 g/mol. The molecular formula is C18H28ClIN6S. The van der Waals surface area contributed by atoms with E-state index in [4.69, 9.17) is 11.6 Å². The number of nitrogens with one attached hydrogen (secondary N) is 2. The predicted molar refractivity (Wildman–Crippen MR) is 125 cm³/mol. The van der Waals surface area contributed by atoms with Gasteiger partial charge in [0.15, 0.2) is 11.8 Å². The molecule has 9 heteroatoms. The second kappa shape index (κ2) is 13.2. The fourth-order valence-corrected chi connectivity index (χ4v) is 3.06. The van der Waals surface area contributed by atoms with Gasteiger partial charge in [0.1, 0.15) is 12.4 Å². The van der Waals surface area contributed by atoms with Gasteiger partial charge in [-0.2, -0.15) is 0 Å². The van der Waals surface area contributed by atoms with E-state index >= 15 is 0 Å². The molecule has 0 aliphatic rings. The molecule has 0 amide bonds. The molecule has 0 saturated carbocycles. The first-order chi connectivity index (χ1) is 12.6. The van der Waals surface area contributed by atoms with E-state index in [1.54, 1.807) is 11.8 Å². The number of unbranched alkanes of at least 4 members (excludes halogenated alkanes) is 1. The van der Waals surface area contributed by atoms with Gasteiger partial charge in [-0.25, -0.2) is 4.99 Å². The molecule has 0 bridgehead atoms. The molecule has 6 nitrogen and oxygen atoms in total. The van der Waals surface area contributed by atoms with E-state index in [0.29, 0.717) is 6.54 Å². The number of aryl methyl sites for hydroxylation is 1. The van der Waals surface area contributed by atoms with Crippen LogP contribution in [0.3, 0.4) is 0 Å². The zero-order valence-electron chi connectivity index (χ0n) is 16.0. The molecule has 2 aromatic rings. The minimum Gasteiger partial charge on any atom is -0.356 e. The highest BCUT2D eigenvalue weighted by molar-refractivity contribution is 14.0. The lowest BCUT2D eigenvalue weighted by molar-refractivity contribution is 0.721. The summed E-state index contributed by atoms with van der Waals surface area (Å²) in [5.74, 6) is 3.51. The molecule has 1 heterocycles. The molecule has 0 atom stereocenters. The molecule has 0 fully saturated rings. The third-order valence-electron chi connectivity index (χ3n) is 3.86. The van der Waals surface area contributed by atoms with Gasteiger partial charge in [0.25, 0.3) is 0 Å². The monoisotopic (exact) mass is 522 g/mol. The molecule has 27 heavy (non-hydrogen) atoms. The second-order valence-corrected chi connectivity index (χ2v) is 7.50. The average Bonchev–Trinajstić information content (AvgIpc) is 2.96. The summed E-state index contributed by atoms with van der Waals surface area (Å²) < 4.78 is 1.96. The van der Waals surface area contributed by atoms with Gasteiger partial charge >= 0.3 is 0 Å². The largest absolute Gasteiger partial charge is 0.356 e. The summed E-state index contributed by atoms with van der Waals surface area (Å²) in [6, 6.07) is 7.91. The van der Waals surface area contributed by atoms with Crippen molar-refractivity contribution < 1.29 is 0 Å². The van der Waals surface area contributed by atoms with E-state index in [-0.39, 0.29) is 24.0 Å². The van der Waals surface area contributed by atoms with Crippen LogP contribution in [0.2, 0.25) is 5.02 Å². The number of rotatable bonds is 9. The van der Waals surface area contributed by atoms with Crippen molar-refractivity contribution in [3.8, 4) is 0 Å². The minimum atomic E-state index is 0. The quantitative estimate of drug-likeness (QED) is 0.171. The summed E-state index contributed by atoms with van der Waals surface area (Å²) in [4.78, 5) is 5.85. The van der Waals surface area contributed by atoms with Crippen LogP contribution in [0.1, 0.15) is 31.4 Å². The Hall–Kier alpha value is -1.000. The van der Waals surface area contributed by atoms with E-state index in [1.807, 2.05) is 42.8 Å². The van der Waals surface area contributed by atoms with Crippen LogP contribution in [-0.2, 0) is 13.6 Å². The third-order valence-corrected chi connectivity index (χ3v) is 5.13. The Labute approximate surface area is 188 Å². The maximum absolute atomic E-state index is 5.92. The number of hydrogen-bond acceptors (Lipinski definition) is 4. The van der Waals surface area contributed by atoms with Crippen LogP contribution in [0.4, 0.5) is 0 Å². The smallest absolute Gasteiger partial charge is 0.191 e. The van der Waals surface area contributed by atoms with Crippen molar-refractivity contribution in [2.75, 3.05) is 18.8 Å². The van der Waals surface area contributed by atoms with Gasteiger partial charge in [-0.05, 0) is 37.6 Å². The number of benzene rings is 1. The third kappa shape index (κ3) is 8.69. The second-order valence-electron chi connectivity index (χ2n) is 5.90. The van der Waals surface area contributed by atoms with Gasteiger partial charge in [0, 0.05) is 35.8 Å². The first-order valence-corrected chi connectivity index (χ1v) is 10.2. The molecule has 0 spiro atoms. The number of thioether (sulfide) groups is 1. The number of aliphatic imine (C=N–C) groups is 1. The molecule has 1 aromatic carbocycles. The van der Waals surface area contributed by atoms with Crippen molar-refractivity contribution in [3.63, 3.8) is 0 Å². The van der Waals surface area contributed by atoms with Crippen LogP contribution in [-0.4, -0.2) is 39.6 Å². The lowest BCUT2D eigenvalue weighted by Crippen LogP contribution is -2.39. The standard InChI is InChI=1S/C18H27ClN6S.HI/c1-4-5-10-20-18(22-13-17-24-23-14(2)25(17)3)21-11-12-26-16-8-6-15(19)7-9-16;/h6-9H,4-5,10-13H2,1-3H3,(H2,20,21,22);1H. The molecule has 1 aromatic heterocycles. The fraction of sp³-hybridized carbons (Fsp3) is 0.500. The molecule has 0 aliphatic heterocycles. The molecule has 2 rings (SSSR count). The van der Waals surface area contributed by atoms with Crippen LogP contribution in [0, 0.1) is 6.92 Å². The van der Waals surface area contributed by atoms with E-state index in [9.17, 15) is 0 Å². The Kier molecular flexibility index (Phi) is 11.8. The molecular weight excluding hydrogens is 495 g/mol. The summed E-state index contributed by atoms with van der Waals surface area (Å²) in [7, 11) is 1.96. The van der Waals surface area contributed by atoms with Crippen molar-refractivity contribution in [1.82, 2.24) is 25.4 Å². The van der Waals surface area contributed by atoms with Crippen molar-refractivity contribution in [1.29, 1.82) is 0 Å². The van der Waals surface area contributed by atoms with Crippen molar-refractivity contribution >= 4 is 53.3 Å². The first-order valence-electron chi connectivity index (χ1n) is 8.85. The van der Waals surface area contributed by atoms with Crippen LogP contribution in [0.25, 0.3) is 0 Å². The maximum Gasteiger partial charge on any atom is 0.191 e. The highest BCUT2D eigenvalue weighted by Gasteiger charge is 2.05. The zero-order chi connectivity index (χ0) is 18.8. The van der Waals surface area contributed by atoms with Gasteiger partial charge < -0.3 is 15.2 Å². The minimum absolute atomic E-state index is 0. The Bertz CT molecular complexity index is 704. The SMILES string of the molecule is CCCCNC(=NCc1nnc(C)n1C)NCCSc1ccc(Cl)cc1.I. The first kappa shape index (κ1) is 24.0. The Balaban J connectivity index is 0.00000364. The Morgan fingerprint density at radius 2 is 1.89 bits per heavy atom. The molecule has 2 N–H and O–H groups in total. The number of hydrogen-bond donors (Lipinski definition) is 2. The lowest BCUT2D eigenvalue weighted by Gasteiger charge is -2.12. The Morgan fingerprint density at radius 3 is 2.52 bits per heavy atom. The number of nitrogens with zero attached hydrogens (tertiary/aromatic N) is 4. The maximum atomic E-state index is 5.92. The summed E-state index contributed by atoms with van der Waals surface area (Å²) in [6.45, 7) is 6.35. The van der Waals surface area contributed by atoms with Crippen molar-refractivity contribution in [3.05, 3.63) is 40.9 Å². The van der Waals surface area contributed by atoms with Gasteiger partial charge in [-0.3, -0.25) is 0 Å². The lowest BCUT2D eigenvalue weighted by atomic mass is 10.3. The molecule has 150 valence electrons. The van der Waals surface area contributed by atoms with Gasteiger partial charge in [0.05, 0.1) is 0 Å². The zero-order valence-corrected chi connectivity index (χ0v) is 19.9. The van der Waals surface area contributed by atoms with E-state index in [1.165, 1.54) is 4.90 Å². The van der Waals surface area contributed by atoms with E-state index < -0.39 is 0 Å². The number of halogens is 2. The van der Waals surface area contributed by atoms with Crippen molar-refractivity contribution in [2.45, 2.75) is 38.1 Å².